The molecule has 0 saturated heterocycles. The first-order valence-electron chi connectivity index (χ1n) is 21.4. The highest BCUT2D eigenvalue weighted by atomic mass is 35.5. The van der Waals surface area contributed by atoms with Crippen molar-refractivity contribution in [3.05, 3.63) is 139 Å². The number of benzene rings is 3. The Labute approximate surface area is 384 Å². The minimum atomic E-state index is -0.502. The molecule has 0 aliphatic carbocycles. The normalized spacial score (nSPS) is 10.6. The highest BCUT2D eigenvalue weighted by Crippen LogP contribution is 2.27. The van der Waals surface area contributed by atoms with Crippen molar-refractivity contribution in [3.8, 4) is 17.2 Å². The van der Waals surface area contributed by atoms with E-state index in [-0.39, 0.29) is 23.1 Å². The van der Waals surface area contributed by atoms with E-state index in [0.717, 1.165) is 79.1 Å². The summed E-state index contributed by atoms with van der Waals surface area (Å²) in [7, 11) is 1.34. The number of hydrogen-bond donors (Lipinski definition) is 3. The standard InChI is InChI=1S/C17H21FN2O2.C16H19ClN2O3.C16H19FN2O2/c1-11-15(12(2)20-19-11)6-4-5-9-22-17-10-14(13(3)21)7-8-16(17)18;1-10-13(11(2)19-18-10)5-4-8-22-15-9-12(16(20)21-3)6-7-14(15)17;1-10-14(11(2)19-18-10)5-4-8-21-16-7-6-13(12(3)20)9-15(16)17/h7-8,10H,4-6,9H2,1-3H3,(H,19,20);6-7,9H,4-5,8H2,1-3H3,(H,18,19);6-7,9H,4-5,8H2,1-3H3,(H,18,19). The largest absolute Gasteiger partial charge is 0.492 e. The number of nitrogens with zero attached hydrogens (tertiary/aromatic N) is 3. The molecular formula is C49H59ClF2N6O7. The van der Waals surface area contributed by atoms with Gasteiger partial charge in [0, 0.05) is 28.2 Å². The number of H-pyrrole nitrogens is 3. The van der Waals surface area contributed by atoms with Gasteiger partial charge in [0.1, 0.15) is 5.75 Å². The molecule has 0 atom stereocenters. The number of Topliss-reactive ketones (excluding diaryl/α,β-unsaturated/α-hetero) is 2. The van der Waals surface area contributed by atoms with Crippen molar-refractivity contribution in [2.75, 3.05) is 26.9 Å². The summed E-state index contributed by atoms with van der Waals surface area (Å²) in [6.07, 6.45) is 6.00. The average molecular weight is 917 g/mol. The lowest BCUT2D eigenvalue weighted by Crippen LogP contribution is -2.04. The van der Waals surface area contributed by atoms with Crippen molar-refractivity contribution in [3.63, 3.8) is 0 Å². The Morgan fingerprint density at radius 2 is 0.969 bits per heavy atom. The molecule has 3 heterocycles. The van der Waals surface area contributed by atoms with Crippen LogP contribution in [0, 0.1) is 53.2 Å². The van der Waals surface area contributed by atoms with Gasteiger partial charge in [-0.25, -0.2) is 13.6 Å². The van der Waals surface area contributed by atoms with Gasteiger partial charge in [0.15, 0.2) is 34.7 Å². The Bertz CT molecular complexity index is 2470. The van der Waals surface area contributed by atoms with Gasteiger partial charge in [-0.05, 0) is 172 Å². The van der Waals surface area contributed by atoms with Gasteiger partial charge in [-0.15, -0.1) is 0 Å². The van der Waals surface area contributed by atoms with E-state index in [0.29, 0.717) is 47.3 Å². The Hall–Kier alpha value is -6.35. The fourth-order valence-electron chi connectivity index (χ4n) is 6.80. The monoisotopic (exact) mass is 916 g/mol. The molecule has 3 N–H and O–H groups in total. The molecule has 65 heavy (non-hydrogen) atoms. The van der Waals surface area contributed by atoms with Crippen LogP contribution in [-0.2, 0) is 24.0 Å². The van der Waals surface area contributed by atoms with Gasteiger partial charge >= 0.3 is 5.97 Å². The van der Waals surface area contributed by atoms with Crippen molar-refractivity contribution in [2.45, 2.75) is 100 Å². The zero-order valence-electron chi connectivity index (χ0n) is 38.6. The highest BCUT2D eigenvalue weighted by Gasteiger charge is 2.13. The number of hydrogen-bond acceptors (Lipinski definition) is 10. The van der Waals surface area contributed by atoms with Crippen LogP contribution in [0.25, 0.3) is 0 Å². The smallest absolute Gasteiger partial charge is 0.337 e. The molecule has 0 aliphatic rings. The molecule has 0 amide bonds. The first kappa shape index (κ1) is 51.3. The van der Waals surface area contributed by atoms with Gasteiger partial charge in [0.2, 0.25) is 0 Å². The fraction of sp³-hybridized carbons (Fsp3) is 0.388. The van der Waals surface area contributed by atoms with Crippen LogP contribution in [0.1, 0.15) is 121 Å². The molecule has 6 aromatic rings. The number of carbonyl (C=O) groups excluding carboxylic acids is 3. The third-order valence-corrected chi connectivity index (χ3v) is 10.9. The number of halogens is 3. The summed E-state index contributed by atoms with van der Waals surface area (Å²) >= 11 is 6.08. The van der Waals surface area contributed by atoms with Crippen molar-refractivity contribution >= 4 is 29.1 Å². The molecule has 6 rings (SSSR count). The molecule has 16 heteroatoms. The number of rotatable bonds is 19. The minimum absolute atomic E-state index is 0.101. The first-order chi connectivity index (χ1) is 31.0. The Morgan fingerprint density at radius 1 is 0.538 bits per heavy atom. The number of methoxy groups -OCH3 is 1. The lowest BCUT2D eigenvalue weighted by atomic mass is 10.1. The number of ether oxygens (including phenoxy) is 4. The van der Waals surface area contributed by atoms with E-state index in [1.165, 1.54) is 68.0 Å². The van der Waals surface area contributed by atoms with Crippen LogP contribution >= 0.6 is 11.6 Å². The topological polar surface area (TPSA) is 174 Å². The second-order valence-corrected chi connectivity index (χ2v) is 15.9. The zero-order chi connectivity index (χ0) is 47.6. The lowest BCUT2D eigenvalue weighted by molar-refractivity contribution is 0.0600. The molecule has 348 valence electrons. The van der Waals surface area contributed by atoms with Gasteiger partial charge in [-0.1, -0.05) is 11.6 Å². The number of ketones is 2. The van der Waals surface area contributed by atoms with Crippen LogP contribution in [0.4, 0.5) is 8.78 Å². The van der Waals surface area contributed by atoms with Gasteiger partial charge in [-0.2, -0.15) is 15.3 Å². The molecule has 0 bridgehead atoms. The Kier molecular flexibility index (Phi) is 19.9. The minimum Gasteiger partial charge on any atom is -0.492 e. The van der Waals surface area contributed by atoms with Gasteiger partial charge < -0.3 is 18.9 Å². The predicted octanol–water partition coefficient (Wildman–Crippen LogP) is 10.6. The molecule has 3 aromatic carbocycles. The van der Waals surface area contributed by atoms with Crippen LogP contribution in [0.2, 0.25) is 5.02 Å². The Morgan fingerprint density at radius 3 is 1.45 bits per heavy atom. The van der Waals surface area contributed by atoms with Crippen molar-refractivity contribution in [2.24, 2.45) is 0 Å². The van der Waals surface area contributed by atoms with E-state index in [2.05, 4.69) is 35.3 Å². The Balaban J connectivity index is 0.000000213. The van der Waals surface area contributed by atoms with Crippen LogP contribution in [0.5, 0.6) is 17.2 Å². The number of carbonyl (C=O) groups is 3. The summed E-state index contributed by atoms with van der Waals surface area (Å²) in [5.41, 5.74) is 11.2. The maximum Gasteiger partial charge on any atom is 0.337 e. The van der Waals surface area contributed by atoms with Crippen molar-refractivity contribution in [1.29, 1.82) is 0 Å². The summed E-state index contributed by atoms with van der Waals surface area (Å²) in [6, 6.07) is 13.3. The summed E-state index contributed by atoms with van der Waals surface area (Å²) in [5, 5.41) is 21.8. The number of unbranched alkanes of at least 4 members (excludes halogenated alkanes) is 1. The van der Waals surface area contributed by atoms with E-state index in [1.54, 1.807) is 24.3 Å². The zero-order valence-corrected chi connectivity index (χ0v) is 39.4. The summed E-state index contributed by atoms with van der Waals surface area (Å²) in [6.45, 7) is 16.1. The molecule has 3 aromatic heterocycles. The average Bonchev–Trinajstić information content (AvgIpc) is 3.91. The van der Waals surface area contributed by atoms with E-state index in [9.17, 15) is 23.2 Å². The summed E-state index contributed by atoms with van der Waals surface area (Å²) < 4.78 is 48.6. The van der Waals surface area contributed by atoms with Crippen molar-refractivity contribution < 1.29 is 42.1 Å². The summed E-state index contributed by atoms with van der Waals surface area (Å²) in [5.74, 6) is -0.799. The van der Waals surface area contributed by atoms with Gasteiger partial charge in [0.25, 0.3) is 0 Å². The molecule has 13 nitrogen and oxygen atoms in total. The maximum atomic E-state index is 13.7. The second-order valence-electron chi connectivity index (χ2n) is 15.5. The van der Waals surface area contributed by atoms with E-state index in [1.807, 2.05) is 41.5 Å². The third-order valence-electron chi connectivity index (χ3n) is 10.6. The van der Waals surface area contributed by atoms with E-state index < -0.39 is 17.6 Å². The number of aromatic amines is 3. The van der Waals surface area contributed by atoms with Crippen LogP contribution in [-0.4, -0.2) is 75.1 Å². The van der Waals surface area contributed by atoms with Gasteiger partial charge in [-0.3, -0.25) is 24.9 Å². The fourth-order valence-corrected chi connectivity index (χ4v) is 6.98. The van der Waals surface area contributed by atoms with Crippen LogP contribution in [0.3, 0.4) is 0 Å². The molecule has 0 radical (unpaired) electrons. The van der Waals surface area contributed by atoms with Crippen molar-refractivity contribution in [1.82, 2.24) is 30.6 Å². The maximum absolute atomic E-state index is 13.7. The number of nitrogens with one attached hydrogen (secondary N) is 3. The van der Waals surface area contributed by atoms with Crippen LogP contribution < -0.4 is 14.2 Å². The molecule has 0 spiro atoms. The third kappa shape index (κ3) is 15.4. The molecular weight excluding hydrogens is 858 g/mol. The lowest BCUT2D eigenvalue weighted by Gasteiger charge is -2.09. The number of aryl methyl sites for hydroxylation is 6. The molecule has 0 aliphatic heterocycles. The molecule has 0 saturated carbocycles. The van der Waals surface area contributed by atoms with Gasteiger partial charge in [0.05, 0.1) is 54.6 Å². The first-order valence-corrected chi connectivity index (χ1v) is 21.8. The molecule has 0 fully saturated rings. The van der Waals surface area contributed by atoms with Crippen LogP contribution in [0.15, 0.2) is 54.6 Å². The second kappa shape index (κ2) is 25.2. The quantitative estimate of drug-likeness (QED) is 0.0403. The summed E-state index contributed by atoms with van der Waals surface area (Å²) in [4.78, 5) is 33.9. The SMILES string of the molecule is CC(=O)c1ccc(F)c(OCCCCc2c(C)n[nH]c2C)c1.CC(=O)c1ccc(OCCCc2c(C)n[nH]c2C)c(F)c1.COC(=O)c1ccc(Cl)c(OCCCc2c(C)n[nH]c2C)c1. The predicted molar refractivity (Wildman–Crippen MR) is 246 cm³/mol. The van der Waals surface area contributed by atoms with E-state index >= 15 is 0 Å². The highest BCUT2D eigenvalue weighted by molar-refractivity contribution is 6.32. The number of esters is 1. The van der Waals surface area contributed by atoms with E-state index in [4.69, 9.17) is 25.8 Å². The number of aromatic nitrogens is 6. The molecule has 0 unspecified atom stereocenters.